The molecule has 0 bridgehead atoms. The summed E-state index contributed by atoms with van der Waals surface area (Å²) >= 11 is 0. The first-order chi connectivity index (χ1) is 15.3. The summed E-state index contributed by atoms with van der Waals surface area (Å²) in [7, 11) is 1.68. The molecule has 0 unspecified atom stereocenters. The van der Waals surface area contributed by atoms with E-state index in [0.29, 0.717) is 29.9 Å². The Labute approximate surface area is 182 Å². The van der Waals surface area contributed by atoms with Crippen LogP contribution in [0.1, 0.15) is 34.6 Å². The van der Waals surface area contributed by atoms with Crippen molar-refractivity contribution in [2.24, 2.45) is 7.05 Å². The maximum Gasteiger partial charge on any atom is 0.254 e. The van der Waals surface area contributed by atoms with Crippen molar-refractivity contribution in [1.82, 2.24) is 14.7 Å². The van der Waals surface area contributed by atoms with Gasteiger partial charge in [-0.3, -0.25) is 9.48 Å². The molecule has 2 heterocycles. The van der Waals surface area contributed by atoms with Crippen LogP contribution in [0.5, 0.6) is 5.75 Å². The molecule has 0 saturated heterocycles. The molecule has 1 aliphatic heterocycles. The zero-order valence-corrected chi connectivity index (χ0v) is 17.5. The van der Waals surface area contributed by atoms with Gasteiger partial charge in [-0.2, -0.15) is 5.10 Å². The number of aryl methyl sites for hydroxylation is 1. The highest BCUT2D eigenvalue weighted by molar-refractivity contribution is 5.95. The van der Waals surface area contributed by atoms with Gasteiger partial charge in [0.15, 0.2) is 0 Å². The molecule has 1 amide bonds. The molecule has 1 aliphatic rings. The fourth-order valence-electron chi connectivity index (χ4n) is 4.17. The van der Waals surface area contributed by atoms with Gasteiger partial charge in [0.2, 0.25) is 0 Å². The molecule has 9 heteroatoms. The molecule has 1 atom stereocenters. The number of hydrogen-bond acceptors (Lipinski definition) is 3. The fourth-order valence-corrected chi connectivity index (χ4v) is 4.17. The van der Waals surface area contributed by atoms with Crippen LogP contribution in [0, 0.1) is 17.5 Å². The predicted octanol–water partition coefficient (Wildman–Crippen LogP) is 4.61. The lowest BCUT2D eigenvalue weighted by molar-refractivity contribution is 0.0672. The van der Waals surface area contributed by atoms with Gasteiger partial charge < -0.3 is 9.64 Å². The monoisotopic (exact) mass is 447 g/mol. The van der Waals surface area contributed by atoms with E-state index in [1.54, 1.807) is 23.6 Å². The molecule has 168 valence electrons. The Morgan fingerprint density at radius 3 is 2.47 bits per heavy atom. The van der Waals surface area contributed by atoms with Gasteiger partial charge in [-0.15, -0.1) is 0 Å². The third kappa shape index (κ3) is 4.06. The molecule has 1 aromatic heterocycles. The van der Waals surface area contributed by atoms with Gasteiger partial charge in [-0.05, 0) is 37.6 Å². The minimum Gasteiger partial charge on any atom is -0.491 e. The second-order valence-corrected chi connectivity index (χ2v) is 7.63. The number of carbonyl (C=O) groups excluding carboxylic acids is 1. The molecule has 32 heavy (non-hydrogen) atoms. The van der Waals surface area contributed by atoms with Crippen LogP contribution in [0.15, 0.2) is 36.4 Å². The number of hydrogen-bond donors (Lipinski definition) is 0. The largest absolute Gasteiger partial charge is 0.491 e. The van der Waals surface area contributed by atoms with Gasteiger partial charge in [0.25, 0.3) is 5.91 Å². The zero-order valence-electron chi connectivity index (χ0n) is 17.5. The molecule has 5 nitrogen and oxygen atoms in total. The Morgan fingerprint density at radius 1 is 1.09 bits per heavy atom. The summed E-state index contributed by atoms with van der Waals surface area (Å²) in [4.78, 5) is 14.7. The third-order valence-corrected chi connectivity index (χ3v) is 5.50. The molecule has 4 rings (SSSR count). The van der Waals surface area contributed by atoms with E-state index < -0.39 is 36.1 Å². The minimum absolute atomic E-state index is 0.0737. The van der Waals surface area contributed by atoms with E-state index in [4.69, 9.17) is 4.74 Å². The molecule has 0 radical (unpaired) electrons. The van der Waals surface area contributed by atoms with Crippen molar-refractivity contribution in [3.63, 3.8) is 0 Å². The summed E-state index contributed by atoms with van der Waals surface area (Å²) in [6.07, 6.45) is 0.410. The van der Waals surface area contributed by atoms with E-state index in [1.807, 2.05) is 0 Å². The van der Waals surface area contributed by atoms with Crippen LogP contribution >= 0.6 is 0 Å². The molecular formula is C23H21F4N3O2. The van der Waals surface area contributed by atoms with Crippen LogP contribution in [0.3, 0.4) is 0 Å². The molecule has 0 aliphatic carbocycles. The Bertz CT molecular complexity index is 1160. The first-order valence-corrected chi connectivity index (χ1v) is 10.1. The van der Waals surface area contributed by atoms with Crippen molar-refractivity contribution in [3.8, 4) is 17.0 Å². The first-order valence-electron chi connectivity index (χ1n) is 10.1. The molecule has 0 spiro atoms. The van der Waals surface area contributed by atoms with Crippen LogP contribution in [0.25, 0.3) is 11.3 Å². The summed E-state index contributed by atoms with van der Waals surface area (Å²) in [5.41, 5.74) is 2.45. The molecule has 3 aromatic rings. The van der Waals surface area contributed by atoms with Crippen LogP contribution in [0.4, 0.5) is 17.6 Å². The maximum absolute atomic E-state index is 14.0. The van der Waals surface area contributed by atoms with Crippen molar-refractivity contribution in [2.75, 3.05) is 19.8 Å². The summed E-state index contributed by atoms with van der Waals surface area (Å²) in [5, 5.41) is 4.51. The van der Waals surface area contributed by atoms with Crippen molar-refractivity contribution in [3.05, 3.63) is 70.7 Å². The smallest absolute Gasteiger partial charge is 0.254 e. The summed E-state index contributed by atoms with van der Waals surface area (Å²) in [6.45, 7) is 1.13. The third-order valence-electron chi connectivity index (χ3n) is 5.50. The molecule has 2 aromatic carbocycles. The highest BCUT2D eigenvalue weighted by Crippen LogP contribution is 2.36. The number of benzene rings is 2. The van der Waals surface area contributed by atoms with E-state index in [-0.39, 0.29) is 17.9 Å². The van der Waals surface area contributed by atoms with Crippen molar-refractivity contribution in [2.45, 2.75) is 19.4 Å². The summed E-state index contributed by atoms with van der Waals surface area (Å²) in [5.74, 6) is -2.38. The van der Waals surface area contributed by atoms with Gasteiger partial charge in [-0.1, -0.05) is 0 Å². The van der Waals surface area contributed by atoms with E-state index >= 15 is 0 Å². The summed E-state index contributed by atoms with van der Waals surface area (Å²) < 4.78 is 60.6. The summed E-state index contributed by atoms with van der Waals surface area (Å²) in [6, 6.07) is 6.41. The van der Waals surface area contributed by atoms with Gasteiger partial charge in [-0.25, -0.2) is 17.6 Å². The SMILES string of the molecule is C[C@H]1c2nn(C)c(-c3cc(F)cc(F)c3)c2CCN1C(=O)c1cc(F)cc(OCCF)c1. The van der Waals surface area contributed by atoms with Gasteiger partial charge in [0.1, 0.15) is 36.5 Å². The standard InChI is InChI=1S/C23H21F4N3O2/c1-13-21-20(22(29(2)28-21)14-7-16(25)11-17(26)8-14)3-5-30(13)23(31)15-9-18(27)12-19(10-15)32-6-4-24/h7-13H,3-6H2,1-2H3/t13-/m0/s1. The van der Waals surface area contributed by atoms with E-state index in [9.17, 15) is 22.4 Å². The Morgan fingerprint density at radius 2 is 1.78 bits per heavy atom. The maximum atomic E-state index is 14.0. The molecular weight excluding hydrogens is 426 g/mol. The fraction of sp³-hybridized carbons (Fsp3) is 0.304. The molecule has 0 saturated carbocycles. The topological polar surface area (TPSA) is 47.4 Å². The lowest BCUT2D eigenvalue weighted by atomic mass is 9.95. The van der Waals surface area contributed by atoms with Gasteiger partial charge in [0.05, 0.1) is 17.4 Å². The normalized spacial score (nSPS) is 15.6. The second kappa shape index (κ2) is 8.64. The van der Waals surface area contributed by atoms with E-state index in [0.717, 1.165) is 23.8 Å². The van der Waals surface area contributed by atoms with Crippen LogP contribution in [-0.4, -0.2) is 40.4 Å². The number of halogens is 4. The van der Waals surface area contributed by atoms with Crippen molar-refractivity contribution >= 4 is 5.91 Å². The number of rotatable bonds is 5. The predicted molar refractivity (Wildman–Crippen MR) is 110 cm³/mol. The molecule has 0 fully saturated rings. The zero-order chi connectivity index (χ0) is 23.0. The second-order valence-electron chi connectivity index (χ2n) is 7.63. The van der Waals surface area contributed by atoms with Crippen molar-refractivity contribution < 1.29 is 27.1 Å². The number of aromatic nitrogens is 2. The van der Waals surface area contributed by atoms with Crippen LogP contribution in [0.2, 0.25) is 0 Å². The van der Waals surface area contributed by atoms with E-state index in [2.05, 4.69) is 5.10 Å². The number of amides is 1. The average molecular weight is 447 g/mol. The quantitative estimate of drug-likeness (QED) is 0.537. The lowest BCUT2D eigenvalue weighted by Crippen LogP contribution is -2.39. The first kappa shape index (κ1) is 21.9. The Hall–Kier alpha value is -3.36. The van der Waals surface area contributed by atoms with Gasteiger partial charge >= 0.3 is 0 Å². The van der Waals surface area contributed by atoms with Crippen LogP contribution in [-0.2, 0) is 13.5 Å². The Kier molecular flexibility index (Phi) is 5.90. The van der Waals surface area contributed by atoms with Gasteiger partial charge in [0, 0.05) is 42.4 Å². The highest BCUT2D eigenvalue weighted by Gasteiger charge is 2.33. The number of ether oxygens (including phenoxy) is 1. The Balaban J connectivity index is 1.66. The molecule has 0 N–H and O–H groups in total. The lowest BCUT2D eigenvalue weighted by Gasteiger charge is -2.33. The van der Waals surface area contributed by atoms with Crippen molar-refractivity contribution in [1.29, 1.82) is 0 Å². The number of carbonyl (C=O) groups is 1. The van der Waals surface area contributed by atoms with Crippen LogP contribution < -0.4 is 4.74 Å². The number of nitrogens with zero attached hydrogens (tertiary/aromatic N) is 3. The average Bonchev–Trinajstić information content (AvgIpc) is 3.08. The number of alkyl halides is 1. The van der Waals surface area contributed by atoms with E-state index in [1.165, 1.54) is 18.2 Å². The highest BCUT2D eigenvalue weighted by atomic mass is 19.1. The minimum atomic E-state index is -0.733. The number of fused-ring (bicyclic) bond motifs is 1.